The van der Waals surface area contributed by atoms with Crippen molar-refractivity contribution in [3.05, 3.63) is 0 Å². The zero-order valence-corrected chi connectivity index (χ0v) is 11.2. The van der Waals surface area contributed by atoms with E-state index in [9.17, 15) is 9.90 Å². The van der Waals surface area contributed by atoms with Crippen LogP contribution in [-0.2, 0) is 4.79 Å². The quantitative estimate of drug-likeness (QED) is 0.812. The van der Waals surface area contributed by atoms with Crippen LogP contribution in [0.15, 0.2) is 0 Å². The van der Waals surface area contributed by atoms with E-state index in [1.54, 1.807) is 0 Å². The molecule has 0 aromatic carbocycles. The van der Waals surface area contributed by atoms with Crippen molar-refractivity contribution in [2.45, 2.75) is 44.6 Å². The summed E-state index contributed by atoms with van der Waals surface area (Å²) >= 11 is 2.02. The molecule has 0 aromatic heterocycles. The van der Waals surface area contributed by atoms with Gasteiger partial charge >= 0.3 is 5.97 Å². The lowest BCUT2D eigenvalue weighted by Crippen LogP contribution is -2.41. The summed E-state index contributed by atoms with van der Waals surface area (Å²) in [4.78, 5) is 11.2. The Kier molecular flexibility index (Phi) is 5.16. The molecule has 3 atom stereocenters. The number of hydrogen-bond donors (Lipinski definition) is 2. The van der Waals surface area contributed by atoms with E-state index >= 15 is 0 Å². The van der Waals surface area contributed by atoms with E-state index in [0.717, 1.165) is 25.8 Å². The number of thioether (sulfide) groups is 1. The van der Waals surface area contributed by atoms with Gasteiger partial charge in [0, 0.05) is 11.8 Å². The SMILES string of the molecule is O=C(O)C1CCCCC1CNC1CCCSC1. The van der Waals surface area contributed by atoms with Crippen LogP contribution in [0.3, 0.4) is 0 Å². The highest BCUT2D eigenvalue weighted by atomic mass is 32.2. The molecule has 1 heterocycles. The molecular formula is C13H23NO2S. The Morgan fingerprint density at radius 2 is 2.06 bits per heavy atom. The Labute approximate surface area is 108 Å². The van der Waals surface area contributed by atoms with Gasteiger partial charge in [0.15, 0.2) is 0 Å². The second-order valence-electron chi connectivity index (χ2n) is 5.31. The molecule has 1 aliphatic carbocycles. The number of carboxylic acid groups (broad SMARTS) is 1. The highest BCUT2D eigenvalue weighted by Gasteiger charge is 2.30. The van der Waals surface area contributed by atoms with E-state index in [1.807, 2.05) is 11.8 Å². The number of rotatable bonds is 4. The summed E-state index contributed by atoms with van der Waals surface area (Å²) in [6.45, 7) is 0.905. The molecule has 4 heteroatoms. The molecule has 1 saturated carbocycles. The van der Waals surface area contributed by atoms with Gasteiger partial charge in [0.1, 0.15) is 0 Å². The molecule has 3 nitrogen and oxygen atoms in total. The minimum Gasteiger partial charge on any atom is -0.481 e. The lowest BCUT2D eigenvalue weighted by Gasteiger charge is -2.31. The predicted octanol–water partition coefficient (Wildman–Crippen LogP) is 2.36. The van der Waals surface area contributed by atoms with Crippen molar-refractivity contribution in [2.75, 3.05) is 18.1 Å². The first-order valence-corrected chi connectivity index (χ1v) is 7.97. The fraction of sp³-hybridized carbons (Fsp3) is 0.923. The monoisotopic (exact) mass is 257 g/mol. The van der Waals surface area contributed by atoms with Crippen LogP contribution in [0.5, 0.6) is 0 Å². The highest BCUT2D eigenvalue weighted by Crippen LogP contribution is 2.30. The van der Waals surface area contributed by atoms with E-state index in [0.29, 0.717) is 12.0 Å². The maximum atomic E-state index is 11.2. The minimum atomic E-state index is -0.588. The summed E-state index contributed by atoms with van der Waals surface area (Å²) < 4.78 is 0. The summed E-state index contributed by atoms with van der Waals surface area (Å²) in [6, 6.07) is 0.616. The Morgan fingerprint density at radius 1 is 1.24 bits per heavy atom. The van der Waals surface area contributed by atoms with E-state index in [-0.39, 0.29) is 5.92 Å². The van der Waals surface area contributed by atoms with Crippen LogP contribution in [0.4, 0.5) is 0 Å². The average molecular weight is 257 g/mol. The average Bonchev–Trinajstić information content (AvgIpc) is 2.38. The van der Waals surface area contributed by atoms with Crippen molar-refractivity contribution in [3.8, 4) is 0 Å². The van der Waals surface area contributed by atoms with Gasteiger partial charge < -0.3 is 10.4 Å². The van der Waals surface area contributed by atoms with Crippen LogP contribution >= 0.6 is 11.8 Å². The Morgan fingerprint density at radius 3 is 2.76 bits per heavy atom. The molecule has 17 heavy (non-hydrogen) atoms. The fourth-order valence-corrected chi connectivity index (χ4v) is 4.10. The van der Waals surface area contributed by atoms with Gasteiger partial charge in [0.05, 0.1) is 5.92 Å². The zero-order chi connectivity index (χ0) is 12.1. The van der Waals surface area contributed by atoms with Gasteiger partial charge in [-0.2, -0.15) is 11.8 Å². The van der Waals surface area contributed by atoms with Crippen molar-refractivity contribution < 1.29 is 9.90 Å². The summed E-state index contributed by atoms with van der Waals surface area (Å²) in [5, 5.41) is 12.8. The standard InChI is InChI=1S/C13H23NO2S/c15-13(16)12-6-2-1-4-10(12)8-14-11-5-3-7-17-9-11/h10-12,14H,1-9H2,(H,15,16). The van der Waals surface area contributed by atoms with Crippen LogP contribution in [0.1, 0.15) is 38.5 Å². The molecule has 0 aromatic rings. The van der Waals surface area contributed by atoms with Gasteiger partial charge in [0.25, 0.3) is 0 Å². The molecule has 2 fully saturated rings. The summed E-state index contributed by atoms with van der Waals surface area (Å²) in [5.41, 5.74) is 0. The smallest absolute Gasteiger partial charge is 0.306 e. The van der Waals surface area contributed by atoms with Gasteiger partial charge in [-0.1, -0.05) is 12.8 Å². The molecule has 1 saturated heterocycles. The third kappa shape index (κ3) is 3.88. The Balaban J connectivity index is 1.77. The van der Waals surface area contributed by atoms with Crippen molar-refractivity contribution in [2.24, 2.45) is 11.8 Å². The number of aliphatic carboxylic acids is 1. The van der Waals surface area contributed by atoms with Gasteiger partial charge in [-0.15, -0.1) is 0 Å². The molecule has 2 rings (SSSR count). The Hall–Kier alpha value is -0.220. The van der Waals surface area contributed by atoms with E-state index < -0.39 is 5.97 Å². The van der Waals surface area contributed by atoms with E-state index in [4.69, 9.17) is 0 Å². The van der Waals surface area contributed by atoms with Gasteiger partial charge in [-0.25, -0.2) is 0 Å². The molecule has 0 bridgehead atoms. The first kappa shape index (κ1) is 13.2. The Bertz CT molecular complexity index is 254. The van der Waals surface area contributed by atoms with Crippen LogP contribution < -0.4 is 5.32 Å². The van der Waals surface area contributed by atoms with Gasteiger partial charge in [-0.05, 0) is 43.9 Å². The van der Waals surface area contributed by atoms with Crippen LogP contribution in [0.2, 0.25) is 0 Å². The normalized spacial score (nSPS) is 34.5. The molecule has 3 unspecified atom stereocenters. The second kappa shape index (κ2) is 6.64. The number of carbonyl (C=O) groups is 1. The van der Waals surface area contributed by atoms with E-state index in [2.05, 4.69) is 5.32 Å². The third-order valence-electron chi connectivity index (χ3n) is 4.06. The third-order valence-corrected chi connectivity index (χ3v) is 5.27. The topological polar surface area (TPSA) is 49.3 Å². The first-order chi connectivity index (χ1) is 8.27. The lowest BCUT2D eigenvalue weighted by molar-refractivity contribution is -0.144. The first-order valence-electron chi connectivity index (χ1n) is 6.81. The largest absolute Gasteiger partial charge is 0.481 e. The van der Waals surface area contributed by atoms with E-state index in [1.165, 1.54) is 30.8 Å². The zero-order valence-electron chi connectivity index (χ0n) is 10.4. The molecule has 2 aliphatic rings. The second-order valence-corrected chi connectivity index (χ2v) is 6.46. The van der Waals surface area contributed by atoms with Crippen molar-refractivity contribution in [1.82, 2.24) is 5.32 Å². The number of nitrogens with one attached hydrogen (secondary N) is 1. The number of carboxylic acids is 1. The molecule has 2 N–H and O–H groups in total. The van der Waals surface area contributed by atoms with Crippen molar-refractivity contribution >= 4 is 17.7 Å². The van der Waals surface area contributed by atoms with Gasteiger partial charge in [-0.3, -0.25) is 4.79 Å². The maximum absolute atomic E-state index is 11.2. The summed E-state index contributed by atoms with van der Waals surface area (Å²) in [6.07, 6.45) is 6.82. The molecule has 0 spiro atoms. The van der Waals surface area contributed by atoms with Crippen LogP contribution in [0, 0.1) is 11.8 Å². The van der Waals surface area contributed by atoms with Gasteiger partial charge in [0.2, 0.25) is 0 Å². The molecule has 98 valence electrons. The van der Waals surface area contributed by atoms with Crippen LogP contribution in [0.25, 0.3) is 0 Å². The lowest BCUT2D eigenvalue weighted by atomic mass is 9.79. The van der Waals surface area contributed by atoms with Crippen LogP contribution in [-0.4, -0.2) is 35.2 Å². The maximum Gasteiger partial charge on any atom is 0.306 e. The molecule has 0 radical (unpaired) electrons. The minimum absolute atomic E-state index is 0.104. The fourth-order valence-electron chi connectivity index (χ4n) is 3.00. The highest BCUT2D eigenvalue weighted by molar-refractivity contribution is 7.99. The summed E-state index contributed by atoms with van der Waals surface area (Å²) in [5.74, 6) is 2.15. The van der Waals surface area contributed by atoms with Crippen molar-refractivity contribution in [3.63, 3.8) is 0 Å². The molecule has 0 amide bonds. The summed E-state index contributed by atoms with van der Waals surface area (Å²) in [7, 11) is 0. The number of hydrogen-bond acceptors (Lipinski definition) is 3. The van der Waals surface area contributed by atoms with Crippen molar-refractivity contribution in [1.29, 1.82) is 0 Å². The molecular weight excluding hydrogens is 234 g/mol. The molecule has 1 aliphatic heterocycles. The predicted molar refractivity (Wildman–Crippen MR) is 71.4 cm³/mol.